The summed E-state index contributed by atoms with van der Waals surface area (Å²) in [5.74, 6) is 0.170. The van der Waals surface area contributed by atoms with Gasteiger partial charge >= 0.3 is 0 Å². The van der Waals surface area contributed by atoms with E-state index in [-0.39, 0.29) is 5.91 Å². The van der Waals surface area contributed by atoms with E-state index >= 15 is 0 Å². The molecule has 0 unspecified atom stereocenters. The van der Waals surface area contributed by atoms with Crippen molar-refractivity contribution in [3.8, 4) is 0 Å². The Bertz CT molecular complexity index is 452. The number of nitrogens with one attached hydrogen (secondary N) is 1. The number of carbonyl (C=O) groups is 1. The molecule has 2 aliphatic carbocycles. The number of benzene rings is 1. The molecule has 1 N–H and O–H groups in total. The van der Waals surface area contributed by atoms with Crippen LogP contribution < -0.4 is 5.32 Å². The lowest BCUT2D eigenvalue weighted by Crippen LogP contribution is -2.38. The molecule has 0 radical (unpaired) electrons. The molecule has 3 rings (SSSR count). The van der Waals surface area contributed by atoms with Gasteiger partial charge in [-0.1, -0.05) is 23.7 Å². The summed E-state index contributed by atoms with van der Waals surface area (Å²) < 4.78 is 0. The van der Waals surface area contributed by atoms with Crippen molar-refractivity contribution in [2.45, 2.75) is 44.3 Å². The Morgan fingerprint density at radius 1 is 1.21 bits per heavy atom. The number of nitrogens with zero attached hydrogens (tertiary/aromatic N) is 1. The number of amides is 1. The number of rotatable bonds is 6. The first-order valence-electron chi connectivity index (χ1n) is 6.98. The molecule has 0 spiro atoms. The molecule has 0 saturated heterocycles. The SMILES string of the molecule is O=C(CN(Cc1ccc(Cl)cc1)C1CC1)NC1CC1. The highest BCUT2D eigenvalue weighted by Gasteiger charge is 2.31. The summed E-state index contributed by atoms with van der Waals surface area (Å²) in [6.07, 6.45) is 4.72. The third kappa shape index (κ3) is 3.95. The standard InChI is InChI=1S/C15H19ClN2O/c16-12-3-1-11(2-4-12)9-18(14-7-8-14)10-15(19)17-13-5-6-13/h1-4,13-14H,5-10H2,(H,17,19). The van der Waals surface area contributed by atoms with Gasteiger partial charge in [0.15, 0.2) is 0 Å². The third-order valence-electron chi connectivity index (χ3n) is 3.65. The van der Waals surface area contributed by atoms with Gasteiger partial charge in [-0.15, -0.1) is 0 Å². The van der Waals surface area contributed by atoms with Gasteiger partial charge in [0.25, 0.3) is 0 Å². The smallest absolute Gasteiger partial charge is 0.234 e. The quantitative estimate of drug-likeness (QED) is 0.867. The fourth-order valence-electron chi connectivity index (χ4n) is 2.26. The molecular weight excluding hydrogens is 260 g/mol. The highest BCUT2D eigenvalue weighted by Crippen LogP contribution is 2.28. The summed E-state index contributed by atoms with van der Waals surface area (Å²) in [5.41, 5.74) is 1.22. The minimum atomic E-state index is 0.170. The Morgan fingerprint density at radius 2 is 1.89 bits per heavy atom. The minimum absolute atomic E-state index is 0.170. The molecule has 1 aromatic rings. The molecule has 1 aromatic carbocycles. The maximum atomic E-state index is 11.9. The summed E-state index contributed by atoms with van der Waals surface area (Å²) in [6, 6.07) is 8.93. The van der Waals surface area contributed by atoms with Crippen LogP contribution in [0, 0.1) is 0 Å². The zero-order valence-electron chi connectivity index (χ0n) is 10.9. The molecule has 2 aliphatic rings. The van der Waals surface area contributed by atoms with E-state index in [9.17, 15) is 4.79 Å². The lowest BCUT2D eigenvalue weighted by Gasteiger charge is -2.21. The Balaban J connectivity index is 1.57. The minimum Gasteiger partial charge on any atom is -0.352 e. The molecule has 1 amide bonds. The second-order valence-electron chi connectivity index (χ2n) is 5.60. The van der Waals surface area contributed by atoms with Gasteiger partial charge in [0.05, 0.1) is 6.54 Å². The predicted octanol–water partition coefficient (Wildman–Crippen LogP) is 2.58. The van der Waals surface area contributed by atoms with Crippen LogP contribution in [0.25, 0.3) is 0 Å². The molecule has 0 aromatic heterocycles. The largest absolute Gasteiger partial charge is 0.352 e. The van der Waals surface area contributed by atoms with E-state index in [4.69, 9.17) is 11.6 Å². The van der Waals surface area contributed by atoms with Crippen LogP contribution >= 0.6 is 11.6 Å². The summed E-state index contributed by atoms with van der Waals surface area (Å²) >= 11 is 5.89. The highest BCUT2D eigenvalue weighted by molar-refractivity contribution is 6.30. The summed E-state index contributed by atoms with van der Waals surface area (Å²) in [6.45, 7) is 1.35. The van der Waals surface area contributed by atoms with Gasteiger partial charge in [-0.05, 0) is 43.4 Å². The van der Waals surface area contributed by atoms with Crippen LogP contribution in [0.3, 0.4) is 0 Å². The fourth-order valence-corrected chi connectivity index (χ4v) is 2.39. The second-order valence-corrected chi connectivity index (χ2v) is 6.04. The number of hydrogen-bond acceptors (Lipinski definition) is 2. The molecular formula is C15H19ClN2O. The van der Waals surface area contributed by atoms with Gasteiger partial charge in [0.1, 0.15) is 0 Å². The Kier molecular flexibility index (Phi) is 3.76. The fraction of sp³-hybridized carbons (Fsp3) is 0.533. The maximum Gasteiger partial charge on any atom is 0.234 e. The van der Waals surface area contributed by atoms with Crippen LogP contribution in [0.2, 0.25) is 5.02 Å². The van der Waals surface area contributed by atoms with Crippen molar-refractivity contribution in [2.24, 2.45) is 0 Å². The van der Waals surface area contributed by atoms with E-state index in [1.807, 2.05) is 24.3 Å². The van der Waals surface area contributed by atoms with Gasteiger partial charge in [-0.3, -0.25) is 9.69 Å². The van der Waals surface area contributed by atoms with Crippen molar-refractivity contribution in [1.82, 2.24) is 10.2 Å². The first-order chi connectivity index (χ1) is 9.20. The van der Waals surface area contributed by atoms with E-state index in [0.29, 0.717) is 18.6 Å². The van der Waals surface area contributed by atoms with Gasteiger partial charge in [0.2, 0.25) is 5.91 Å². The molecule has 4 heteroatoms. The molecule has 2 fully saturated rings. The lowest BCUT2D eigenvalue weighted by atomic mass is 10.2. The zero-order chi connectivity index (χ0) is 13.2. The first-order valence-corrected chi connectivity index (χ1v) is 7.36. The van der Waals surface area contributed by atoms with E-state index in [0.717, 1.165) is 24.4 Å². The van der Waals surface area contributed by atoms with Crippen LogP contribution in [0.15, 0.2) is 24.3 Å². The van der Waals surface area contributed by atoms with Crippen molar-refractivity contribution < 1.29 is 4.79 Å². The topological polar surface area (TPSA) is 32.3 Å². The average molecular weight is 279 g/mol. The van der Waals surface area contributed by atoms with E-state index in [1.54, 1.807) is 0 Å². The Hall–Kier alpha value is -1.06. The van der Waals surface area contributed by atoms with Crippen LogP contribution in [0.1, 0.15) is 31.2 Å². The molecule has 19 heavy (non-hydrogen) atoms. The number of halogens is 1. The predicted molar refractivity (Wildman–Crippen MR) is 76.0 cm³/mol. The molecule has 102 valence electrons. The molecule has 0 atom stereocenters. The van der Waals surface area contributed by atoms with Gasteiger partial charge < -0.3 is 5.32 Å². The van der Waals surface area contributed by atoms with E-state index < -0.39 is 0 Å². The van der Waals surface area contributed by atoms with Gasteiger partial charge in [-0.25, -0.2) is 0 Å². The van der Waals surface area contributed by atoms with Gasteiger partial charge in [-0.2, -0.15) is 0 Å². The summed E-state index contributed by atoms with van der Waals surface area (Å²) in [4.78, 5) is 14.2. The van der Waals surface area contributed by atoms with Crippen LogP contribution in [0.5, 0.6) is 0 Å². The monoisotopic (exact) mass is 278 g/mol. The van der Waals surface area contributed by atoms with Crippen LogP contribution in [-0.4, -0.2) is 29.4 Å². The lowest BCUT2D eigenvalue weighted by molar-refractivity contribution is -0.122. The first kappa shape index (κ1) is 12.9. The molecule has 0 heterocycles. The van der Waals surface area contributed by atoms with Crippen molar-refractivity contribution >= 4 is 17.5 Å². The highest BCUT2D eigenvalue weighted by atomic mass is 35.5. The second kappa shape index (κ2) is 5.51. The summed E-state index contributed by atoms with van der Waals surface area (Å²) in [7, 11) is 0. The van der Waals surface area contributed by atoms with Crippen molar-refractivity contribution in [2.75, 3.05) is 6.54 Å². The molecule has 0 aliphatic heterocycles. The van der Waals surface area contributed by atoms with Crippen LogP contribution in [-0.2, 0) is 11.3 Å². The molecule has 2 saturated carbocycles. The Labute approximate surface area is 118 Å². The van der Waals surface area contributed by atoms with E-state index in [2.05, 4.69) is 10.2 Å². The number of carbonyl (C=O) groups excluding carboxylic acids is 1. The van der Waals surface area contributed by atoms with E-state index in [1.165, 1.54) is 18.4 Å². The average Bonchev–Trinajstić information content (AvgIpc) is 3.24. The maximum absolute atomic E-state index is 11.9. The Morgan fingerprint density at radius 3 is 2.47 bits per heavy atom. The van der Waals surface area contributed by atoms with Crippen molar-refractivity contribution in [3.63, 3.8) is 0 Å². The summed E-state index contributed by atoms with van der Waals surface area (Å²) in [5, 5.41) is 3.82. The number of hydrogen-bond donors (Lipinski definition) is 1. The zero-order valence-corrected chi connectivity index (χ0v) is 11.7. The normalized spacial score (nSPS) is 18.6. The molecule has 0 bridgehead atoms. The van der Waals surface area contributed by atoms with Gasteiger partial charge in [0, 0.05) is 23.7 Å². The van der Waals surface area contributed by atoms with Crippen molar-refractivity contribution in [3.05, 3.63) is 34.9 Å². The van der Waals surface area contributed by atoms with Crippen LogP contribution in [0.4, 0.5) is 0 Å². The molecule has 3 nitrogen and oxygen atoms in total. The third-order valence-corrected chi connectivity index (χ3v) is 3.90. The van der Waals surface area contributed by atoms with Crippen molar-refractivity contribution in [1.29, 1.82) is 0 Å².